The van der Waals surface area contributed by atoms with E-state index in [4.69, 9.17) is 4.74 Å². The molecule has 0 aliphatic carbocycles. The van der Waals surface area contributed by atoms with Gasteiger partial charge in [-0.15, -0.1) is 0 Å². The Morgan fingerprint density at radius 3 is 2.65 bits per heavy atom. The summed E-state index contributed by atoms with van der Waals surface area (Å²) in [5, 5.41) is 5.94. The maximum atomic E-state index is 13.1. The molecule has 0 spiro atoms. The molecular weight excluding hydrogens is 349 g/mol. The average molecular weight is 366 g/mol. The second kappa shape index (κ2) is 6.60. The number of benzene rings is 1. The number of ether oxygens (including phenoxy) is 1. The van der Waals surface area contributed by atoms with Crippen molar-refractivity contribution in [1.29, 1.82) is 0 Å². The molecule has 2 heterocycles. The first-order chi connectivity index (χ1) is 12.2. The fourth-order valence-electron chi connectivity index (χ4n) is 3.37. The summed E-state index contributed by atoms with van der Waals surface area (Å²) in [7, 11) is 1.19. The van der Waals surface area contributed by atoms with Gasteiger partial charge in [0.15, 0.2) is 5.78 Å². The summed E-state index contributed by atoms with van der Waals surface area (Å²) >= 11 is 0. The zero-order chi connectivity index (χ0) is 19.1. The minimum absolute atomic E-state index is 0.0590. The summed E-state index contributed by atoms with van der Waals surface area (Å²) < 4.78 is 44.2. The molecular formula is C18H17F3N2O3. The topological polar surface area (TPSA) is 67.4 Å². The Morgan fingerprint density at radius 2 is 2.00 bits per heavy atom. The van der Waals surface area contributed by atoms with E-state index >= 15 is 0 Å². The Labute approximate surface area is 147 Å². The van der Waals surface area contributed by atoms with Crippen LogP contribution in [0.15, 0.2) is 46.8 Å². The van der Waals surface area contributed by atoms with Crippen molar-refractivity contribution in [2.75, 3.05) is 20.2 Å². The van der Waals surface area contributed by atoms with Crippen LogP contribution in [0.2, 0.25) is 0 Å². The lowest BCUT2D eigenvalue weighted by Crippen LogP contribution is -2.43. The van der Waals surface area contributed by atoms with E-state index in [1.165, 1.54) is 19.2 Å². The summed E-state index contributed by atoms with van der Waals surface area (Å²) in [5.74, 6) is -1.86. The van der Waals surface area contributed by atoms with Gasteiger partial charge in [0.25, 0.3) is 0 Å². The average Bonchev–Trinajstić information content (AvgIpc) is 2.59. The summed E-state index contributed by atoms with van der Waals surface area (Å²) in [6, 6.07) is 4.70. The molecule has 0 saturated carbocycles. The van der Waals surface area contributed by atoms with Crippen molar-refractivity contribution in [3.63, 3.8) is 0 Å². The number of hydrogen-bond acceptors (Lipinski definition) is 5. The van der Waals surface area contributed by atoms with Gasteiger partial charge in [-0.3, -0.25) is 4.79 Å². The molecule has 1 aromatic rings. The molecule has 0 saturated heterocycles. The van der Waals surface area contributed by atoms with Crippen LogP contribution in [0, 0.1) is 0 Å². The van der Waals surface area contributed by atoms with Crippen LogP contribution in [-0.4, -0.2) is 32.0 Å². The predicted octanol–water partition coefficient (Wildman–Crippen LogP) is 2.27. The number of carbonyl (C=O) groups excluding carboxylic acids is 2. The zero-order valence-corrected chi connectivity index (χ0v) is 14.2. The van der Waals surface area contributed by atoms with E-state index < -0.39 is 23.6 Å². The Morgan fingerprint density at radius 1 is 1.27 bits per heavy atom. The molecule has 3 rings (SSSR count). The first-order valence-electron chi connectivity index (χ1n) is 7.94. The number of allylic oxidation sites excluding steroid dienone is 1. The number of hydrogen-bond donors (Lipinski definition) is 2. The van der Waals surface area contributed by atoms with E-state index in [1.54, 1.807) is 6.92 Å². The first kappa shape index (κ1) is 18.2. The van der Waals surface area contributed by atoms with Gasteiger partial charge in [-0.2, -0.15) is 13.2 Å². The van der Waals surface area contributed by atoms with E-state index in [9.17, 15) is 22.8 Å². The number of ketones is 1. The second-order valence-electron chi connectivity index (χ2n) is 6.13. The van der Waals surface area contributed by atoms with Crippen molar-refractivity contribution in [2.24, 2.45) is 0 Å². The molecule has 138 valence electrons. The van der Waals surface area contributed by atoms with Crippen molar-refractivity contribution in [1.82, 2.24) is 10.6 Å². The van der Waals surface area contributed by atoms with E-state index in [0.29, 0.717) is 23.5 Å². The normalized spacial score (nSPS) is 20.7. The molecule has 0 bridgehead atoms. The van der Waals surface area contributed by atoms with Crippen molar-refractivity contribution in [3.8, 4) is 0 Å². The highest BCUT2D eigenvalue weighted by molar-refractivity contribution is 6.04. The fraction of sp³-hybridized carbons (Fsp3) is 0.333. The molecule has 2 aliphatic heterocycles. The summed E-state index contributed by atoms with van der Waals surface area (Å²) in [6.45, 7) is 2.06. The number of alkyl halides is 3. The van der Waals surface area contributed by atoms with Crippen LogP contribution in [0.4, 0.5) is 13.2 Å². The standard InChI is InChI=1S/C18H17F3N2O3/c1-9-14(17(25)26-2)15(16-12(23-9)7-22-8-13(16)24)10-4-3-5-11(6-10)18(19,20)21/h3-6,15,22-23H,7-8H2,1-2H3. The monoisotopic (exact) mass is 366 g/mol. The van der Waals surface area contributed by atoms with Crippen molar-refractivity contribution in [3.05, 3.63) is 57.9 Å². The molecule has 1 unspecified atom stereocenters. The quantitative estimate of drug-likeness (QED) is 0.786. The minimum Gasteiger partial charge on any atom is -0.466 e. The van der Waals surface area contributed by atoms with E-state index in [1.807, 2.05) is 0 Å². The minimum atomic E-state index is -4.53. The van der Waals surface area contributed by atoms with Gasteiger partial charge in [-0.1, -0.05) is 18.2 Å². The molecule has 0 amide bonds. The van der Waals surface area contributed by atoms with Gasteiger partial charge in [-0.05, 0) is 18.6 Å². The molecule has 0 aromatic heterocycles. The van der Waals surface area contributed by atoms with Crippen molar-refractivity contribution in [2.45, 2.75) is 19.0 Å². The van der Waals surface area contributed by atoms with Gasteiger partial charge < -0.3 is 15.4 Å². The zero-order valence-electron chi connectivity index (χ0n) is 14.2. The molecule has 0 radical (unpaired) electrons. The third-order valence-electron chi connectivity index (χ3n) is 4.49. The summed E-state index contributed by atoms with van der Waals surface area (Å²) in [6.07, 6.45) is -4.53. The largest absolute Gasteiger partial charge is 0.466 e. The molecule has 5 nitrogen and oxygen atoms in total. The fourth-order valence-corrected chi connectivity index (χ4v) is 3.37. The third kappa shape index (κ3) is 3.12. The van der Waals surface area contributed by atoms with Gasteiger partial charge >= 0.3 is 12.1 Å². The third-order valence-corrected chi connectivity index (χ3v) is 4.49. The molecule has 2 aliphatic rings. The Kier molecular flexibility index (Phi) is 4.62. The van der Waals surface area contributed by atoms with Crippen LogP contribution in [0.5, 0.6) is 0 Å². The summed E-state index contributed by atoms with van der Waals surface area (Å²) in [5.41, 5.74) is 0.848. The van der Waals surface area contributed by atoms with Gasteiger partial charge in [0, 0.05) is 29.4 Å². The Bertz CT molecular complexity index is 840. The number of esters is 1. The Balaban J connectivity index is 2.21. The molecule has 8 heteroatoms. The SMILES string of the molecule is COC(=O)C1=C(C)NC2=C(C(=O)CNC2)C1c1cccc(C(F)(F)F)c1. The van der Waals surface area contributed by atoms with Gasteiger partial charge in [0.1, 0.15) is 0 Å². The number of halogens is 3. The molecule has 2 N–H and O–H groups in total. The van der Waals surface area contributed by atoms with Crippen molar-refractivity contribution < 1.29 is 27.5 Å². The van der Waals surface area contributed by atoms with Crippen molar-refractivity contribution >= 4 is 11.8 Å². The van der Waals surface area contributed by atoms with Crippen LogP contribution < -0.4 is 10.6 Å². The molecule has 1 atom stereocenters. The van der Waals surface area contributed by atoms with Crippen LogP contribution in [0.3, 0.4) is 0 Å². The van der Waals surface area contributed by atoms with Crippen LogP contribution >= 0.6 is 0 Å². The highest BCUT2D eigenvalue weighted by Crippen LogP contribution is 2.41. The van der Waals surface area contributed by atoms with Crippen LogP contribution in [0.1, 0.15) is 24.0 Å². The maximum absolute atomic E-state index is 13.1. The highest BCUT2D eigenvalue weighted by atomic mass is 19.4. The van der Waals surface area contributed by atoms with E-state index in [0.717, 1.165) is 12.1 Å². The second-order valence-corrected chi connectivity index (χ2v) is 6.13. The molecule has 1 aromatic carbocycles. The van der Waals surface area contributed by atoms with E-state index in [-0.39, 0.29) is 23.5 Å². The van der Waals surface area contributed by atoms with Gasteiger partial charge in [-0.25, -0.2) is 4.79 Å². The maximum Gasteiger partial charge on any atom is 0.416 e. The Hall–Kier alpha value is -2.61. The van der Waals surface area contributed by atoms with Gasteiger partial charge in [0.2, 0.25) is 0 Å². The number of dihydropyridines is 1. The first-order valence-corrected chi connectivity index (χ1v) is 7.94. The number of Topliss-reactive ketones (excluding diaryl/α,β-unsaturated/α-hetero) is 1. The number of methoxy groups -OCH3 is 1. The lowest BCUT2D eigenvalue weighted by molar-refractivity contribution is -0.137. The van der Waals surface area contributed by atoms with Gasteiger partial charge in [0.05, 0.1) is 24.8 Å². The lowest BCUT2D eigenvalue weighted by Gasteiger charge is -2.34. The number of nitrogens with one attached hydrogen (secondary N) is 2. The molecule has 26 heavy (non-hydrogen) atoms. The number of carbonyl (C=O) groups is 2. The smallest absolute Gasteiger partial charge is 0.416 e. The number of rotatable bonds is 2. The lowest BCUT2D eigenvalue weighted by atomic mass is 9.77. The van der Waals surface area contributed by atoms with E-state index in [2.05, 4.69) is 10.6 Å². The highest BCUT2D eigenvalue weighted by Gasteiger charge is 2.40. The molecule has 0 fully saturated rings. The van der Waals surface area contributed by atoms with Crippen LogP contribution in [0.25, 0.3) is 0 Å². The predicted molar refractivity (Wildman–Crippen MR) is 86.9 cm³/mol. The van der Waals surface area contributed by atoms with Crippen LogP contribution in [-0.2, 0) is 20.5 Å². The summed E-state index contributed by atoms with van der Waals surface area (Å²) in [4.78, 5) is 24.8.